The molecule has 1 aromatic carbocycles. The number of pyridine rings is 2. The van der Waals surface area contributed by atoms with Crippen LogP contribution in [0.4, 0.5) is 27.8 Å². The van der Waals surface area contributed by atoms with E-state index in [1.165, 1.54) is 4.90 Å². The Morgan fingerprint density at radius 1 is 1.05 bits per heavy atom. The highest BCUT2D eigenvalue weighted by molar-refractivity contribution is 7.93. The van der Waals surface area contributed by atoms with E-state index >= 15 is 0 Å². The molecule has 3 aromatic rings. The standard InChI is InChI=1S/C29H34N6O5S/c1-5-33(6-2)29(37)35-23-10-8-12-25(21(23)14-17-41(35,38)39)40-16-13-20-18-22-26(31-19-20)34(7-3)27-24(11-9-15-30-27)32(4)28(22)36/h8-12,15,18-19H,5-7,13-14,16-17H2,1-4H3. The highest BCUT2D eigenvalue weighted by Crippen LogP contribution is 2.38. The van der Waals surface area contributed by atoms with E-state index in [4.69, 9.17) is 4.74 Å². The second kappa shape index (κ2) is 11.4. The molecule has 0 atom stereocenters. The van der Waals surface area contributed by atoms with Crippen LogP contribution in [0.3, 0.4) is 0 Å². The molecule has 216 valence electrons. The maximum Gasteiger partial charge on any atom is 0.338 e. The molecule has 0 bridgehead atoms. The van der Waals surface area contributed by atoms with Crippen LogP contribution in [0.25, 0.3) is 0 Å². The van der Waals surface area contributed by atoms with Crippen LogP contribution in [-0.2, 0) is 22.9 Å². The normalized spacial score (nSPS) is 15.5. The summed E-state index contributed by atoms with van der Waals surface area (Å²) in [5.74, 6) is 1.42. The van der Waals surface area contributed by atoms with E-state index in [9.17, 15) is 18.0 Å². The number of urea groups is 1. The topological polar surface area (TPSA) is 116 Å². The highest BCUT2D eigenvalue weighted by Gasteiger charge is 2.38. The molecule has 0 unspecified atom stereocenters. The number of aromatic nitrogens is 2. The minimum atomic E-state index is -3.80. The SMILES string of the molecule is CCN(CC)C(=O)N1c2cccc(OCCc3cnc4c(c3)C(=O)N(C)c3cccnc3N4CC)c2CCS1(=O)=O. The molecule has 4 heterocycles. The van der Waals surface area contributed by atoms with Gasteiger partial charge in [0.05, 0.1) is 29.3 Å². The average Bonchev–Trinajstić information content (AvgIpc) is 3.05. The van der Waals surface area contributed by atoms with Gasteiger partial charge in [-0.1, -0.05) is 6.07 Å². The lowest BCUT2D eigenvalue weighted by Crippen LogP contribution is -2.49. The van der Waals surface area contributed by atoms with Crippen LogP contribution >= 0.6 is 0 Å². The molecule has 2 aliphatic rings. The first-order chi connectivity index (χ1) is 19.7. The van der Waals surface area contributed by atoms with Crippen molar-refractivity contribution < 1.29 is 22.7 Å². The first-order valence-electron chi connectivity index (χ1n) is 13.8. The smallest absolute Gasteiger partial charge is 0.338 e. The van der Waals surface area contributed by atoms with Crippen LogP contribution in [0.5, 0.6) is 5.75 Å². The largest absolute Gasteiger partial charge is 0.493 e. The summed E-state index contributed by atoms with van der Waals surface area (Å²) in [6.07, 6.45) is 4.16. The summed E-state index contributed by atoms with van der Waals surface area (Å²) >= 11 is 0. The molecule has 41 heavy (non-hydrogen) atoms. The maximum atomic E-state index is 13.4. The summed E-state index contributed by atoms with van der Waals surface area (Å²) in [6, 6.07) is 10.1. The van der Waals surface area contributed by atoms with Gasteiger partial charge in [-0.2, -0.15) is 4.31 Å². The molecule has 0 saturated carbocycles. The molecule has 2 aliphatic heterocycles. The maximum absolute atomic E-state index is 13.4. The predicted octanol–water partition coefficient (Wildman–Crippen LogP) is 4.00. The van der Waals surface area contributed by atoms with Gasteiger partial charge in [0.25, 0.3) is 5.91 Å². The van der Waals surface area contributed by atoms with Gasteiger partial charge in [-0.05, 0) is 63.1 Å². The number of hydrogen-bond acceptors (Lipinski definition) is 8. The molecule has 0 fully saturated rings. The van der Waals surface area contributed by atoms with Crippen molar-refractivity contribution in [3.63, 3.8) is 0 Å². The molecule has 2 aromatic heterocycles. The summed E-state index contributed by atoms with van der Waals surface area (Å²) in [5.41, 5.74) is 3.04. The van der Waals surface area contributed by atoms with Crippen LogP contribution < -0.4 is 18.8 Å². The van der Waals surface area contributed by atoms with Crippen LogP contribution in [0, 0.1) is 0 Å². The van der Waals surface area contributed by atoms with Gasteiger partial charge in [0.15, 0.2) is 5.82 Å². The lowest BCUT2D eigenvalue weighted by molar-refractivity contribution is 0.0994. The summed E-state index contributed by atoms with van der Waals surface area (Å²) < 4.78 is 32.9. The molecule has 0 radical (unpaired) electrons. The van der Waals surface area contributed by atoms with E-state index < -0.39 is 16.1 Å². The highest BCUT2D eigenvalue weighted by atomic mass is 32.2. The van der Waals surface area contributed by atoms with Gasteiger partial charge < -0.3 is 19.4 Å². The second-order valence-electron chi connectivity index (χ2n) is 9.81. The van der Waals surface area contributed by atoms with Gasteiger partial charge in [-0.3, -0.25) is 4.79 Å². The Bertz CT molecular complexity index is 1590. The number of ether oxygens (including phenoxy) is 1. The molecular weight excluding hydrogens is 544 g/mol. The first-order valence-corrected chi connectivity index (χ1v) is 15.4. The molecule has 12 heteroatoms. The summed E-state index contributed by atoms with van der Waals surface area (Å²) in [4.78, 5) is 40.7. The lowest BCUT2D eigenvalue weighted by atomic mass is 10.1. The van der Waals surface area contributed by atoms with E-state index in [2.05, 4.69) is 9.97 Å². The first kappa shape index (κ1) is 28.3. The molecule has 11 nitrogen and oxygen atoms in total. The van der Waals surface area contributed by atoms with Gasteiger partial charge in [-0.25, -0.2) is 23.2 Å². The quantitative estimate of drug-likeness (QED) is 0.413. The second-order valence-corrected chi connectivity index (χ2v) is 11.7. The monoisotopic (exact) mass is 578 g/mol. The number of rotatable bonds is 7. The summed E-state index contributed by atoms with van der Waals surface area (Å²) in [7, 11) is -2.07. The van der Waals surface area contributed by atoms with Crippen molar-refractivity contribution in [2.75, 3.05) is 53.1 Å². The minimum absolute atomic E-state index is 0.170. The zero-order valence-corrected chi connectivity index (χ0v) is 24.5. The Balaban J connectivity index is 1.37. The van der Waals surface area contributed by atoms with Gasteiger partial charge >= 0.3 is 6.03 Å². The third kappa shape index (κ3) is 5.08. The molecule has 0 aliphatic carbocycles. The molecular formula is C29H34N6O5S. The van der Waals surface area contributed by atoms with Crippen molar-refractivity contribution in [3.05, 3.63) is 65.5 Å². The molecule has 0 N–H and O–H groups in total. The fourth-order valence-corrected chi connectivity index (χ4v) is 6.75. The van der Waals surface area contributed by atoms with Crippen molar-refractivity contribution in [2.24, 2.45) is 0 Å². The number of anilines is 4. The molecule has 0 spiro atoms. The zero-order valence-electron chi connectivity index (χ0n) is 23.7. The third-order valence-electron chi connectivity index (χ3n) is 7.48. The van der Waals surface area contributed by atoms with Crippen LogP contribution in [0.2, 0.25) is 0 Å². The van der Waals surface area contributed by atoms with Crippen LogP contribution in [0.15, 0.2) is 48.8 Å². The van der Waals surface area contributed by atoms with Gasteiger partial charge in [0.2, 0.25) is 10.0 Å². The van der Waals surface area contributed by atoms with Gasteiger partial charge in [0, 0.05) is 51.1 Å². The van der Waals surface area contributed by atoms with Crippen molar-refractivity contribution in [3.8, 4) is 5.75 Å². The molecule has 5 rings (SSSR count). The number of carbonyl (C=O) groups is 2. The van der Waals surface area contributed by atoms with Crippen LogP contribution in [0.1, 0.15) is 42.3 Å². The van der Waals surface area contributed by atoms with Crippen molar-refractivity contribution in [1.82, 2.24) is 14.9 Å². The van der Waals surface area contributed by atoms with Gasteiger partial charge in [0.1, 0.15) is 11.6 Å². The Labute approximate surface area is 240 Å². The van der Waals surface area contributed by atoms with Gasteiger partial charge in [-0.15, -0.1) is 0 Å². The third-order valence-corrected chi connectivity index (χ3v) is 9.11. The minimum Gasteiger partial charge on any atom is -0.493 e. The van der Waals surface area contributed by atoms with Crippen molar-refractivity contribution >= 4 is 45.0 Å². The number of carbonyl (C=O) groups excluding carboxylic acids is 2. The Kier molecular flexibility index (Phi) is 7.85. The fraction of sp³-hybridized carbons (Fsp3) is 0.379. The number of amides is 3. The van der Waals surface area contributed by atoms with Crippen molar-refractivity contribution in [1.29, 1.82) is 0 Å². The van der Waals surface area contributed by atoms with Crippen LogP contribution in [-0.4, -0.2) is 74.3 Å². The molecule has 3 amide bonds. The van der Waals surface area contributed by atoms with E-state index in [1.54, 1.807) is 48.6 Å². The lowest BCUT2D eigenvalue weighted by Gasteiger charge is -2.33. The molecule has 0 saturated heterocycles. The summed E-state index contributed by atoms with van der Waals surface area (Å²) in [5, 5.41) is 0. The number of hydrogen-bond donors (Lipinski definition) is 0. The average molecular weight is 579 g/mol. The van der Waals surface area contributed by atoms with E-state index in [0.29, 0.717) is 65.9 Å². The predicted molar refractivity (Wildman–Crippen MR) is 158 cm³/mol. The Hall–Kier alpha value is -4.19. The van der Waals surface area contributed by atoms with E-state index in [-0.39, 0.29) is 24.7 Å². The number of nitrogens with zero attached hydrogens (tertiary/aromatic N) is 6. The fourth-order valence-electron chi connectivity index (χ4n) is 5.28. The number of fused-ring (bicyclic) bond motifs is 3. The zero-order chi connectivity index (χ0) is 29.3. The van der Waals surface area contributed by atoms with E-state index in [0.717, 1.165) is 9.87 Å². The Morgan fingerprint density at radius 2 is 1.80 bits per heavy atom. The number of sulfonamides is 1. The number of benzene rings is 1. The van der Waals surface area contributed by atoms with E-state index in [1.807, 2.05) is 37.8 Å². The Morgan fingerprint density at radius 3 is 2.54 bits per heavy atom. The van der Waals surface area contributed by atoms with Crippen molar-refractivity contribution in [2.45, 2.75) is 33.6 Å². The summed E-state index contributed by atoms with van der Waals surface area (Å²) in [6.45, 7) is 7.29.